The first-order valence-corrected chi connectivity index (χ1v) is 10.2. The SMILES string of the molecule is CCC(NC(=O)NC1CCN(c2ccc(OC)cc2)CC1)c1ccc(OC)cc1. The summed E-state index contributed by atoms with van der Waals surface area (Å²) in [6.07, 6.45) is 2.69. The van der Waals surface area contributed by atoms with Crippen LogP contribution in [0.2, 0.25) is 0 Å². The molecule has 29 heavy (non-hydrogen) atoms. The van der Waals surface area contributed by atoms with Crippen molar-refractivity contribution in [2.75, 3.05) is 32.2 Å². The van der Waals surface area contributed by atoms with Crippen LogP contribution in [0.1, 0.15) is 37.8 Å². The number of hydrogen-bond acceptors (Lipinski definition) is 4. The number of amides is 2. The number of piperidine rings is 1. The minimum Gasteiger partial charge on any atom is -0.497 e. The molecular weight excluding hydrogens is 366 g/mol. The van der Waals surface area contributed by atoms with Crippen molar-refractivity contribution >= 4 is 11.7 Å². The number of nitrogens with zero attached hydrogens (tertiary/aromatic N) is 1. The van der Waals surface area contributed by atoms with E-state index in [1.807, 2.05) is 36.4 Å². The summed E-state index contributed by atoms with van der Waals surface area (Å²) < 4.78 is 10.4. The van der Waals surface area contributed by atoms with Crippen molar-refractivity contribution < 1.29 is 14.3 Å². The zero-order chi connectivity index (χ0) is 20.6. The fraction of sp³-hybridized carbons (Fsp3) is 0.435. The second kappa shape index (κ2) is 10.0. The van der Waals surface area contributed by atoms with Crippen LogP contribution in [-0.2, 0) is 0 Å². The van der Waals surface area contributed by atoms with Crippen LogP contribution in [0.25, 0.3) is 0 Å². The van der Waals surface area contributed by atoms with Gasteiger partial charge in [-0.1, -0.05) is 19.1 Å². The van der Waals surface area contributed by atoms with Gasteiger partial charge in [0, 0.05) is 24.8 Å². The molecule has 1 saturated heterocycles. The average molecular weight is 398 g/mol. The number of rotatable bonds is 7. The Morgan fingerprint density at radius 2 is 1.55 bits per heavy atom. The molecule has 0 bridgehead atoms. The van der Waals surface area contributed by atoms with Crippen LogP contribution in [0.5, 0.6) is 11.5 Å². The molecular formula is C23H31N3O3. The van der Waals surface area contributed by atoms with E-state index in [0.717, 1.165) is 49.4 Å². The Balaban J connectivity index is 1.48. The number of benzene rings is 2. The summed E-state index contributed by atoms with van der Waals surface area (Å²) in [6.45, 7) is 3.92. The van der Waals surface area contributed by atoms with Gasteiger partial charge in [0.05, 0.1) is 20.3 Å². The number of carbonyl (C=O) groups excluding carboxylic acids is 1. The molecule has 0 saturated carbocycles. The smallest absolute Gasteiger partial charge is 0.315 e. The fourth-order valence-electron chi connectivity index (χ4n) is 3.72. The molecule has 6 heteroatoms. The predicted molar refractivity (Wildman–Crippen MR) is 116 cm³/mol. The van der Waals surface area contributed by atoms with Crippen molar-refractivity contribution in [3.05, 3.63) is 54.1 Å². The molecule has 0 aliphatic carbocycles. The Kier molecular flexibility index (Phi) is 7.22. The monoisotopic (exact) mass is 397 g/mol. The second-order valence-corrected chi connectivity index (χ2v) is 7.31. The summed E-state index contributed by atoms with van der Waals surface area (Å²) in [5.74, 6) is 1.68. The van der Waals surface area contributed by atoms with Gasteiger partial charge in [0.25, 0.3) is 0 Å². The first kappa shape index (κ1) is 20.8. The number of hydrogen-bond donors (Lipinski definition) is 2. The molecule has 0 radical (unpaired) electrons. The van der Waals surface area contributed by atoms with Gasteiger partial charge in [0.2, 0.25) is 0 Å². The van der Waals surface area contributed by atoms with Crippen LogP contribution >= 0.6 is 0 Å². The fourth-order valence-corrected chi connectivity index (χ4v) is 3.72. The lowest BCUT2D eigenvalue weighted by Crippen LogP contribution is -2.48. The number of urea groups is 1. The van der Waals surface area contributed by atoms with E-state index in [9.17, 15) is 4.79 Å². The number of anilines is 1. The second-order valence-electron chi connectivity index (χ2n) is 7.31. The van der Waals surface area contributed by atoms with Crippen LogP contribution in [0, 0.1) is 0 Å². The number of nitrogens with one attached hydrogen (secondary N) is 2. The summed E-state index contributed by atoms with van der Waals surface area (Å²) in [5, 5.41) is 6.25. The van der Waals surface area contributed by atoms with Crippen LogP contribution < -0.4 is 25.0 Å². The molecule has 2 aromatic rings. The number of ether oxygens (including phenoxy) is 2. The molecule has 1 fully saturated rings. The Bertz CT molecular complexity index is 769. The summed E-state index contributed by atoms with van der Waals surface area (Å²) in [6, 6.07) is 16.1. The molecule has 156 valence electrons. The highest BCUT2D eigenvalue weighted by molar-refractivity contribution is 5.74. The molecule has 1 heterocycles. The van der Waals surface area contributed by atoms with Gasteiger partial charge in [-0.25, -0.2) is 4.79 Å². The topological polar surface area (TPSA) is 62.8 Å². The van der Waals surface area contributed by atoms with Gasteiger partial charge in [-0.3, -0.25) is 0 Å². The zero-order valence-electron chi connectivity index (χ0n) is 17.5. The molecule has 1 aliphatic heterocycles. The van der Waals surface area contributed by atoms with Gasteiger partial charge in [-0.2, -0.15) is 0 Å². The van der Waals surface area contributed by atoms with Gasteiger partial charge in [-0.15, -0.1) is 0 Å². The maximum atomic E-state index is 12.5. The third kappa shape index (κ3) is 5.56. The van der Waals surface area contributed by atoms with Crippen molar-refractivity contribution in [2.24, 2.45) is 0 Å². The molecule has 2 aromatic carbocycles. The van der Waals surface area contributed by atoms with Crippen LogP contribution in [0.4, 0.5) is 10.5 Å². The third-order valence-corrected chi connectivity index (χ3v) is 5.50. The van der Waals surface area contributed by atoms with Crippen molar-refractivity contribution in [1.82, 2.24) is 10.6 Å². The first-order chi connectivity index (χ1) is 14.1. The maximum Gasteiger partial charge on any atom is 0.315 e. The predicted octanol–water partition coefficient (Wildman–Crippen LogP) is 4.12. The van der Waals surface area contributed by atoms with Crippen LogP contribution in [0.15, 0.2) is 48.5 Å². The molecule has 1 atom stereocenters. The van der Waals surface area contributed by atoms with Gasteiger partial charge in [0.1, 0.15) is 11.5 Å². The quantitative estimate of drug-likeness (QED) is 0.738. The summed E-state index contributed by atoms with van der Waals surface area (Å²) in [4.78, 5) is 14.9. The summed E-state index contributed by atoms with van der Waals surface area (Å²) in [5.41, 5.74) is 2.28. The minimum atomic E-state index is -0.101. The summed E-state index contributed by atoms with van der Waals surface area (Å²) in [7, 11) is 3.33. The normalized spacial score (nSPS) is 15.5. The summed E-state index contributed by atoms with van der Waals surface area (Å²) >= 11 is 0. The van der Waals surface area contributed by atoms with Crippen LogP contribution in [-0.4, -0.2) is 39.4 Å². The molecule has 6 nitrogen and oxygen atoms in total. The van der Waals surface area contributed by atoms with Gasteiger partial charge < -0.3 is 25.0 Å². The van der Waals surface area contributed by atoms with Gasteiger partial charge >= 0.3 is 6.03 Å². The Hall–Kier alpha value is -2.89. The Morgan fingerprint density at radius 3 is 2.07 bits per heavy atom. The van der Waals surface area contributed by atoms with Crippen LogP contribution in [0.3, 0.4) is 0 Å². The number of methoxy groups -OCH3 is 2. The lowest BCUT2D eigenvalue weighted by molar-refractivity contribution is 0.230. The first-order valence-electron chi connectivity index (χ1n) is 10.2. The number of carbonyl (C=O) groups is 1. The highest BCUT2D eigenvalue weighted by atomic mass is 16.5. The molecule has 0 aromatic heterocycles. The van der Waals surface area contributed by atoms with E-state index in [4.69, 9.17) is 9.47 Å². The average Bonchev–Trinajstić information content (AvgIpc) is 2.78. The van der Waals surface area contributed by atoms with Crippen molar-refractivity contribution in [2.45, 2.75) is 38.3 Å². The highest BCUT2D eigenvalue weighted by Gasteiger charge is 2.22. The van der Waals surface area contributed by atoms with E-state index in [0.29, 0.717) is 0 Å². The lowest BCUT2D eigenvalue weighted by atomic mass is 10.0. The van der Waals surface area contributed by atoms with E-state index in [1.165, 1.54) is 5.69 Å². The van der Waals surface area contributed by atoms with E-state index in [2.05, 4.69) is 34.6 Å². The largest absolute Gasteiger partial charge is 0.497 e. The Morgan fingerprint density at radius 1 is 1.00 bits per heavy atom. The lowest BCUT2D eigenvalue weighted by Gasteiger charge is -2.34. The van der Waals surface area contributed by atoms with Gasteiger partial charge in [-0.05, 0) is 61.2 Å². The third-order valence-electron chi connectivity index (χ3n) is 5.50. The van der Waals surface area contributed by atoms with Gasteiger partial charge in [0.15, 0.2) is 0 Å². The van der Waals surface area contributed by atoms with Crippen molar-refractivity contribution in [1.29, 1.82) is 0 Å². The molecule has 1 aliphatic rings. The molecule has 2 amide bonds. The van der Waals surface area contributed by atoms with Crippen molar-refractivity contribution in [3.63, 3.8) is 0 Å². The molecule has 2 N–H and O–H groups in total. The maximum absolute atomic E-state index is 12.5. The zero-order valence-corrected chi connectivity index (χ0v) is 17.5. The Labute approximate surface area is 173 Å². The van der Waals surface area contributed by atoms with E-state index < -0.39 is 0 Å². The van der Waals surface area contributed by atoms with E-state index in [-0.39, 0.29) is 18.1 Å². The molecule has 1 unspecified atom stereocenters. The standard InChI is InChI=1S/C23H31N3O3/c1-4-22(17-5-9-20(28-2)10-6-17)25-23(27)24-18-13-15-26(16-14-18)19-7-11-21(29-3)12-8-19/h5-12,18,22H,4,13-16H2,1-3H3,(H2,24,25,27). The molecule has 0 spiro atoms. The van der Waals surface area contributed by atoms with E-state index >= 15 is 0 Å². The van der Waals surface area contributed by atoms with Crippen molar-refractivity contribution in [3.8, 4) is 11.5 Å². The minimum absolute atomic E-state index is 0.0136. The highest BCUT2D eigenvalue weighted by Crippen LogP contribution is 2.23. The van der Waals surface area contributed by atoms with E-state index in [1.54, 1.807) is 14.2 Å². The molecule has 3 rings (SSSR count).